The third-order valence-corrected chi connectivity index (χ3v) is 3.90. The highest BCUT2D eigenvalue weighted by Crippen LogP contribution is 2.35. The average molecular weight is 403 g/mol. The van der Waals surface area contributed by atoms with Gasteiger partial charge in [-0.3, -0.25) is 4.90 Å². The standard InChI is InChI=1S/C13H14F4INO/c14-11-2-1-9(18)7-10(11)12(8-13(15,16)17)19-3-5-20-6-4-19/h1-2,7,12H,3-6,8H2. The Morgan fingerprint density at radius 2 is 1.90 bits per heavy atom. The quantitative estimate of drug-likeness (QED) is 0.563. The monoisotopic (exact) mass is 403 g/mol. The van der Waals surface area contributed by atoms with Gasteiger partial charge in [-0.1, -0.05) is 0 Å². The molecule has 1 unspecified atom stereocenters. The maximum Gasteiger partial charge on any atom is 0.390 e. The summed E-state index contributed by atoms with van der Waals surface area (Å²) in [5.74, 6) is -0.592. The number of morpholine rings is 1. The van der Waals surface area contributed by atoms with E-state index in [4.69, 9.17) is 4.74 Å². The van der Waals surface area contributed by atoms with Crippen LogP contribution < -0.4 is 0 Å². The van der Waals surface area contributed by atoms with Gasteiger partial charge >= 0.3 is 6.18 Å². The Hall–Kier alpha value is -0.410. The summed E-state index contributed by atoms with van der Waals surface area (Å²) >= 11 is 1.97. The highest BCUT2D eigenvalue weighted by atomic mass is 127. The molecule has 1 aliphatic rings. The average Bonchev–Trinajstić information content (AvgIpc) is 2.39. The van der Waals surface area contributed by atoms with Crippen LogP contribution in [0.4, 0.5) is 17.6 Å². The van der Waals surface area contributed by atoms with E-state index in [0.29, 0.717) is 26.3 Å². The van der Waals surface area contributed by atoms with Gasteiger partial charge in [-0.05, 0) is 40.8 Å². The summed E-state index contributed by atoms with van der Waals surface area (Å²) in [6, 6.07) is 3.26. The summed E-state index contributed by atoms with van der Waals surface area (Å²) in [6.45, 7) is 1.51. The van der Waals surface area contributed by atoms with Crippen LogP contribution in [0.15, 0.2) is 18.2 Å². The van der Waals surface area contributed by atoms with Crippen LogP contribution >= 0.6 is 22.6 Å². The van der Waals surface area contributed by atoms with Gasteiger partial charge < -0.3 is 4.74 Å². The van der Waals surface area contributed by atoms with E-state index in [1.807, 2.05) is 22.6 Å². The Bertz CT molecular complexity index is 460. The lowest BCUT2D eigenvalue weighted by atomic mass is 10.0. The summed E-state index contributed by atoms with van der Waals surface area (Å²) < 4.78 is 58.2. The molecule has 1 aliphatic heterocycles. The van der Waals surface area contributed by atoms with Gasteiger partial charge in [-0.25, -0.2) is 4.39 Å². The van der Waals surface area contributed by atoms with Crippen LogP contribution in [0.3, 0.4) is 0 Å². The van der Waals surface area contributed by atoms with Gasteiger partial charge in [0.1, 0.15) is 5.82 Å². The highest BCUT2D eigenvalue weighted by molar-refractivity contribution is 14.1. The third-order valence-electron chi connectivity index (χ3n) is 3.23. The van der Waals surface area contributed by atoms with E-state index in [0.717, 1.165) is 3.57 Å². The van der Waals surface area contributed by atoms with Gasteiger partial charge in [0.25, 0.3) is 0 Å². The van der Waals surface area contributed by atoms with Crippen LogP contribution in [0.5, 0.6) is 0 Å². The molecule has 0 radical (unpaired) electrons. The Balaban J connectivity index is 2.31. The van der Waals surface area contributed by atoms with Crippen LogP contribution in [-0.4, -0.2) is 37.4 Å². The first-order valence-electron chi connectivity index (χ1n) is 6.20. The predicted octanol–water partition coefficient (Wildman–Crippen LogP) is 3.76. The number of nitrogens with zero attached hydrogens (tertiary/aromatic N) is 1. The molecule has 0 bridgehead atoms. The van der Waals surface area contributed by atoms with E-state index >= 15 is 0 Å². The van der Waals surface area contributed by atoms with Crippen LogP contribution in [0.25, 0.3) is 0 Å². The Morgan fingerprint density at radius 3 is 2.50 bits per heavy atom. The van der Waals surface area contributed by atoms with Crippen LogP contribution in [-0.2, 0) is 4.74 Å². The lowest BCUT2D eigenvalue weighted by molar-refractivity contribution is -0.152. The summed E-state index contributed by atoms with van der Waals surface area (Å²) in [5.41, 5.74) is 0.108. The van der Waals surface area contributed by atoms with E-state index in [9.17, 15) is 17.6 Å². The number of ether oxygens (including phenoxy) is 1. The number of alkyl halides is 3. The molecule has 112 valence electrons. The molecule has 1 aromatic carbocycles. The maximum atomic E-state index is 13.9. The summed E-state index contributed by atoms with van der Waals surface area (Å²) in [4.78, 5) is 1.64. The van der Waals surface area contributed by atoms with Crippen molar-refractivity contribution < 1.29 is 22.3 Å². The Morgan fingerprint density at radius 1 is 1.25 bits per heavy atom. The van der Waals surface area contributed by atoms with Crippen molar-refractivity contribution in [1.82, 2.24) is 4.90 Å². The molecule has 1 saturated heterocycles. The zero-order valence-electron chi connectivity index (χ0n) is 10.6. The van der Waals surface area contributed by atoms with Crippen LogP contribution in [0.1, 0.15) is 18.0 Å². The second-order valence-corrected chi connectivity index (χ2v) is 5.89. The predicted molar refractivity (Wildman–Crippen MR) is 74.9 cm³/mol. The molecule has 7 heteroatoms. The molecule has 0 aromatic heterocycles. The van der Waals surface area contributed by atoms with Gasteiger partial charge in [0.05, 0.1) is 19.6 Å². The SMILES string of the molecule is Fc1ccc(I)cc1C(CC(F)(F)F)N1CCOCC1. The molecular formula is C13H14F4INO. The fourth-order valence-electron chi connectivity index (χ4n) is 2.31. The van der Waals surface area contributed by atoms with Crippen molar-refractivity contribution in [2.75, 3.05) is 26.3 Å². The molecule has 1 heterocycles. The first kappa shape index (κ1) is 16.0. The largest absolute Gasteiger partial charge is 0.390 e. The van der Waals surface area contributed by atoms with Crippen molar-refractivity contribution in [2.24, 2.45) is 0 Å². The number of hydrogen-bond acceptors (Lipinski definition) is 2. The van der Waals surface area contributed by atoms with E-state index in [1.54, 1.807) is 11.0 Å². The van der Waals surface area contributed by atoms with Crippen molar-refractivity contribution in [3.05, 3.63) is 33.1 Å². The number of rotatable bonds is 3. The van der Waals surface area contributed by atoms with E-state index in [1.165, 1.54) is 12.1 Å². The highest BCUT2D eigenvalue weighted by Gasteiger charge is 2.37. The van der Waals surface area contributed by atoms with E-state index in [2.05, 4.69) is 0 Å². The van der Waals surface area contributed by atoms with Gasteiger partial charge in [0, 0.05) is 28.3 Å². The van der Waals surface area contributed by atoms with E-state index < -0.39 is 24.5 Å². The summed E-state index contributed by atoms with van der Waals surface area (Å²) in [7, 11) is 0. The number of halogens is 5. The Labute approximate surface area is 128 Å². The normalized spacial score (nSPS) is 19.1. The first-order chi connectivity index (χ1) is 9.37. The van der Waals surface area contributed by atoms with Crippen LogP contribution in [0.2, 0.25) is 0 Å². The molecule has 1 atom stereocenters. The topological polar surface area (TPSA) is 12.5 Å². The van der Waals surface area contributed by atoms with Crippen molar-refractivity contribution >= 4 is 22.6 Å². The van der Waals surface area contributed by atoms with Crippen molar-refractivity contribution in [1.29, 1.82) is 0 Å². The van der Waals surface area contributed by atoms with Crippen molar-refractivity contribution in [2.45, 2.75) is 18.6 Å². The smallest absolute Gasteiger partial charge is 0.379 e. The lowest BCUT2D eigenvalue weighted by Crippen LogP contribution is -2.41. The fraction of sp³-hybridized carbons (Fsp3) is 0.538. The Kier molecular flexibility index (Phi) is 5.25. The summed E-state index contributed by atoms with van der Waals surface area (Å²) in [6.07, 6.45) is -5.39. The van der Waals surface area contributed by atoms with Crippen LogP contribution in [0, 0.1) is 9.39 Å². The molecule has 2 rings (SSSR count). The van der Waals surface area contributed by atoms with Gasteiger partial charge in [0.2, 0.25) is 0 Å². The molecule has 0 saturated carbocycles. The zero-order valence-corrected chi connectivity index (χ0v) is 12.7. The molecule has 0 amide bonds. The molecule has 1 fully saturated rings. The molecule has 20 heavy (non-hydrogen) atoms. The minimum atomic E-state index is -4.34. The maximum absolute atomic E-state index is 13.9. The molecule has 0 N–H and O–H groups in total. The minimum Gasteiger partial charge on any atom is -0.379 e. The molecule has 1 aromatic rings. The third kappa shape index (κ3) is 4.29. The van der Waals surface area contributed by atoms with E-state index in [-0.39, 0.29) is 5.56 Å². The number of benzene rings is 1. The van der Waals surface area contributed by atoms with Gasteiger partial charge in [-0.15, -0.1) is 0 Å². The zero-order chi connectivity index (χ0) is 14.8. The summed E-state index contributed by atoms with van der Waals surface area (Å²) in [5, 5.41) is 0. The van der Waals surface area contributed by atoms with Gasteiger partial charge in [-0.2, -0.15) is 13.2 Å². The second kappa shape index (κ2) is 6.57. The molecule has 0 spiro atoms. The first-order valence-corrected chi connectivity index (χ1v) is 7.28. The minimum absolute atomic E-state index is 0.108. The number of hydrogen-bond donors (Lipinski definition) is 0. The lowest BCUT2D eigenvalue weighted by Gasteiger charge is -2.35. The van der Waals surface area contributed by atoms with Crippen molar-refractivity contribution in [3.63, 3.8) is 0 Å². The molecular weight excluding hydrogens is 389 g/mol. The molecule has 2 nitrogen and oxygen atoms in total. The second-order valence-electron chi connectivity index (χ2n) is 4.65. The molecule has 0 aliphatic carbocycles. The van der Waals surface area contributed by atoms with Crippen molar-refractivity contribution in [3.8, 4) is 0 Å². The fourth-order valence-corrected chi connectivity index (χ4v) is 2.83. The van der Waals surface area contributed by atoms with Gasteiger partial charge in [0.15, 0.2) is 0 Å².